The third kappa shape index (κ3) is 2.41. The van der Waals surface area contributed by atoms with Gasteiger partial charge in [-0.1, -0.05) is 0 Å². The Morgan fingerprint density at radius 1 is 1.18 bits per heavy atom. The number of likely N-dealkylation sites (tertiary alicyclic amines) is 1. The predicted molar refractivity (Wildman–Crippen MR) is 76.8 cm³/mol. The minimum atomic E-state index is -1.67. The highest BCUT2D eigenvalue weighted by molar-refractivity contribution is 5.89. The smallest absolute Gasteiger partial charge is 0.260 e. The molecule has 2 aliphatic carbocycles. The van der Waals surface area contributed by atoms with E-state index in [-0.39, 0.29) is 29.9 Å². The number of hydrogen-bond acceptors (Lipinski definition) is 3. The van der Waals surface area contributed by atoms with Gasteiger partial charge >= 0.3 is 0 Å². The van der Waals surface area contributed by atoms with E-state index in [2.05, 4.69) is 5.32 Å². The molecule has 6 heteroatoms. The Bertz CT molecular complexity index is 490. The van der Waals surface area contributed by atoms with E-state index in [4.69, 9.17) is 4.74 Å². The Hall–Kier alpha value is -1.17. The molecule has 0 aromatic rings. The molecular weight excluding hydrogens is 287 g/mol. The molecule has 122 valence electrons. The van der Waals surface area contributed by atoms with E-state index in [1.54, 1.807) is 0 Å². The van der Waals surface area contributed by atoms with Gasteiger partial charge < -0.3 is 15.0 Å². The molecule has 4 fully saturated rings. The van der Waals surface area contributed by atoms with E-state index in [1.165, 1.54) is 11.3 Å². The fraction of sp³-hybridized carbons (Fsp3) is 0.875. The van der Waals surface area contributed by atoms with Crippen LogP contribution < -0.4 is 5.32 Å². The van der Waals surface area contributed by atoms with Crippen molar-refractivity contribution < 1.29 is 18.7 Å². The summed E-state index contributed by atoms with van der Waals surface area (Å²) in [6, 6.07) is 0.287. The van der Waals surface area contributed by atoms with Crippen LogP contribution in [0.15, 0.2) is 0 Å². The van der Waals surface area contributed by atoms with Crippen LogP contribution in [-0.4, -0.2) is 54.2 Å². The van der Waals surface area contributed by atoms with Gasteiger partial charge in [-0.3, -0.25) is 9.59 Å². The van der Waals surface area contributed by atoms with Crippen molar-refractivity contribution in [1.29, 1.82) is 0 Å². The van der Waals surface area contributed by atoms with E-state index in [9.17, 15) is 14.0 Å². The lowest BCUT2D eigenvalue weighted by Crippen LogP contribution is -2.57. The summed E-state index contributed by atoms with van der Waals surface area (Å²) in [6.07, 6.45) is 4.62. The van der Waals surface area contributed by atoms with Crippen LogP contribution in [0.25, 0.3) is 0 Å². The number of carbonyl (C=O) groups is 2. The van der Waals surface area contributed by atoms with Gasteiger partial charge in [0, 0.05) is 31.7 Å². The first-order chi connectivity index (χ1) is 10.6. The number of nitrogens with one attached hydrogen (secondary N) is 1. The first-order valence-corrected chi connectivity index (χ1v) is 8.47. The van der Waals surface area contributed by atoms with Crippen LogP contribution in [-0.2, 0) is 14.3 Å². The van der Waals surface area contributed by atoms with Crippen LogP contribution in [0.2, 0.25) is 0 Å². The molecule has 2 saturated carbocycles. The lowest BCUT2D eigenvalue weighted by atomic mass is 9.81. The van der Waals surface area contributed by atoms with Gasteiger partial charge in [0.05, 0.1) is 12.0 Å². The molecule has 0 radical (unpaired) electrons. The second-order valence-corrected chi connectivity index (χ2v) is 7.28. The number of halogens is 1. The predicted octanol–water partition coefficient (Wildman–Crippen LogP) is 1.02. The molecule has 2 saturated heterocycles. The third-order valence-corrected chi connectivity index (χ3v) is 5.74. The van der Waals surface area contributed by atoms with Crippen molar-refractivity contribution in [2.45, 2.75) is 56.3 Å². The molecule has 0 aromatic heterocycles. The van der Waals surface area contributed by atoms with Gasteiger partial charge in [0.15, 0.2) is 5.67 Å². The molecule has 0 aromatic carbocycles. The summed E-state index contributed by atoms with van der Waals surface area (Å²) in [6.45, 7) is 1.40. The van der Waals surface area contributed by atoms with Crippen LogP contribution in [0.1, 0.15) is 38.5 Å². The minimum Gasteiger partial charge on any atom is -0.376 e. The zero-order valence-electron chi connectivity index (χ0n) is 12.7. The van der Waals surface area contributed by atoms with Crippen LogP contribution in [0.5, 0.6) is 0 Å². The Labute approximate surface area is 129 Å². The Morgan fingerprint density at radius 3 is 2.59 bits per heavy atom. The topological polar surface area (TPSA) is 58.6 Å². The summed E-state index contributed by atoms with van der Waals surface area (Å²) in [7, 11) is 0. The summed E-state index contributed by atoms with van der Waals surface area (Å²) < 4.78 is 19.8. The number of ether oxygens (including phenoxy) is 1. The van der Waals surface area contributed by atoms with E-state index in [1.807, 2.05) is 0 Å². The molecule has 0 unspecified atom stereocenters. The molecule has 4 aliphatic rings. The molecule has 2 aliphatic heterocycles. The number of fused-ring (bicyclic) bond motifs is 1. The molecule has 2 heterocycles. The highest BCUT2D eigenvalue weighted by Gasteiger charge is 2.55. The van der Waals surface area contributed by atoms with E-state index < -0.39 is 11.6 Å². The molecular formula is C16H23FN2O3. The molecule has 3 atom stereocenters. The quantitative estimate of drug-likeness (QED) is 0.847. The largest absolute Gasteiger partial charge is 0.376 e. The summed E-state index contributed by atoms with van der Waals surface area (Å²) >= 11 is 0. The molecule has 0 bridgehead atoms. The minimum absolute atomic E-state index is 0.0198. The normalized spacial score (nSPS) is 36.4. The second-order valence-electron chi connectivity index (χ2n) is 7.28. The molecule has 4 rings (SSSR count). The summed E-state index contributed by atoms with van der Waals surface area (Å²) in [5.41, 5.74) is -1.67. The fourth-order valence-corrected chi connectivity index (χ4v) is 3.89. The Morgan fingerprint density at radius 2 is 1.95 bits per heavy atom. The first-order valence-electron chi connectivity index (χ1n) is 8.47. The molecule has 1 N–H and O–H groups in total. The Kier molecular flexibility index (Phi) is 3.40. The fourth-order valence-electron chi connectivity index (χ4n) is 3.89. The lowest BCUT2D eigenvalue weighted by Gasteiger charge is -2.40. The lowest BCUT2D eigenvalue weighted by molar-refractivity contribution is -0.147. The van der Waals surface area contributed by atoms with Crippen LogP contribution in [0.4, 0.5) is 4.39 Å². The average molecular weight is 310 g/mol. The summed E-state index contributed by atoms with van der Waals surface area (Å²) in [4.78, 5) is 26.4. The second kappa shape index (κ2) is 5.18. The van der Waals surface area contributed by atoms with Crippen molar-refractivity contribution in [2.75, 3.05) is 19.7 Å². The van der Waals surface area contributed by atoms with Gasteiger partial charge in [-0.15, -0.1) is 0 Å². The van der Waals surface area contributed by atoms with E-state index >= 15 is 0 Å². The van der Waals surface area contributed by atoms with Crippen LogP contribution in [0.3, 0.4) is 0 Å². The zero-order chi connectivity index (χ0) is 15.3. The van der Waals surface area contributed by atoms with Gasteiger partial charge in [0.25, 0.3) is 5.91 Å². The van der Waals surface area contributed by atoms with Crippen molar-refractivity contribution >= 4 is 11.8 Å². The maximum Gasteiger partial charge on any atom is 0.260 e. The highest BCUT2D eigenvalue weighted by atomic mass is 19.1. The van der Waals surface area contributed by atoms with Gasteiger partial charge in [-0.2, -0.15) is 0 Å². The number of amides is 2. The first kappa shape index (κ1) is 14.4. The van der Waals surface area contributed by atoms with Crippen molar-refractivity contribution in [2.24, 2.45) is 11.8 Å². The number of alkyl halides is 1. The standard InChI is InChI=1S/C16H23FN2O3/c17-16(5-6-16)15(21)19-8-12(11-4-7-22-13(11)9-19)14(20)18-10-2-1-3-10/h10-13H,1-9H2,(H,18,20)/t11-,12+,13+/m0/s1. The van der Waals surface area contributed by atoms with Crippen LogP contribution in [0, 0.1) is 11.8 Å². The summed E-state index contributed by atoms with van der Waals surface area (Å²) in [5, 5.41) is 3.09. The van der Waals surface area contributed by atoms with E-state index in [0.29, 0.717) is 32.5 Å². The number of nitrogens with zero attached hydrogens (tertiary/aromatic N) is 1. The van der Waals surface area contributed by atoms with Gasteiger partial charge in [-0.05, 0) is 38.5 Å². The number of hydrogen-bond donors (Lipinski definition) is 1. The van der Waals surface area contributed by atoms with Gasteiger partial charge in [0.1, 0.15) is 0 Å². The molecule has 0 spiro atoms. The molecule has 5 nitrogen and oxygen atoms in total. The number of carbonyl (C=O) groups excluding carboxylic acids is 2. The SMILES string of the molecule is O=C(NC1CCC1)[C@@H]1CN(C(=O)C2(F)CC2)C[C@H]2OCC[C@H]21. The zero-order valence-corrected chi connectivity index (χ0v) is 12.7. The Balaban J connectivity index is 1.47. The van der Waals surface area contributed by atoms with Crippen LogP contribution >= 0.6 is 0 Å². The van der Waals surface area contributed by atoms with Gasteiger partial charge in [0.2, 0.25) is 5.91 Å². The van der Waals surface area contributed by atoms with Crippen molar-refractivity contribution in [1.82, 2.24) is 10.2 Å². The average Bonchev–Trinajstić information content (AvgIpc) is 3.04. The molecule has 2 amide bonds. The van der Waals surface area contributed by atoms with Crippen molar-refractivity contribution in [3.05, 3.63) is 0 Å². The van der Waals surface area contributed by atoms with E-state index in [0.717, 1.165) is 19.3 Å². The molecule has 22 heavy (non-hydrogen) atoms. The third-order valence-electron chi connectivity index (χ3n) is 5.74. The maximum absolute atomic E-state index is 14.1. The van der Waals surface area contributed by atoms with Gasteiger partial charge in [-0.25, -0.2) is 4.39 Å². The monoisotopic (exact) mass is 310 g/mol. The number of rotatable bonds is 3. The summed E-state index contributed by atoms with van der Waals surface area (Å²) in [5.74, 6) is -0.513. The number of piperidine rings is 1. The highest BCUT2D eigenvalue weighted by Crippen LogP contribution is 2.43. The van der Waals surface area contributed by atoms with Crippen molar-refractivity contribution in [3.63, 3.8) is 0 Å². The maximum atomic E-state index is 14.1. The van der Waals surface area contributed by atoms with Crippen molar-refractivity contribution in [3.8, 4) is 0 Å².